The highest BCUT2D eigenvalue weighted by molar-refractivity contribution is 7.10. The highest BCUT2D eigenvalue weighted by atomic mass is 35.5. The summed E-state index contributed by atoms with van der Waals surface area (Å²) in [6.45, 7) is 6.88. The highest BCUT2D eigenvalue weighted by Crippen LogP contribution is 2.38. The summed E-state index contributed by atoms with van der Waals surface area (Å²) in [5, 5.41) is 2.78. The van der Waals surface area contributed by atoms with Crippen LogP contribution in [0.25, 0.3) is 0 Å². The van der Waals surface area contributed by atoms with Gasteiger partial charge in [0.2, 0.25) is 11.8 Å². The molecule has 6 heteroatoms. The molecular weight excluding hydrogens is 416 g/mol. The second kappa shape index (κ2) is 10.5. The Morgan fingerprint density at radius 3 is 2.60 bits per heavy atom. The summed E-state index contributed by atoms with van der Waals surface area (Å²) in [6.07, 6.45) is 4.36. The number of hydrogen-bond donors (Lipinski definition) is 0. The normalized spacial score (nSPS) is 15.9. The third kappa shape index (κ3) is 5.25. The number of carbonyl (C=O) groups is 2. The van der Waals surface area contributed by atoms with Crippen LogP contribution in [0.4, 0.5) is 0 Å². The first-order valence-electron chi connectivity index (χ1n) is 10.8. The number of thiophene rings is 1. The molecule has 0 radical (unpaired) electrons. The lowest BCUT2D eigenvalue weighted by Gasteiger charge is -2.38. The molecule has 30 heavy (non-hydrogen) atoms. The molecule has 162 valence electrons. The predicted molar refractivity (Wildman–Crippen MR) is 124 cm³/mol. The Morgan fingerprint density at radius 2 is 1.93 bits per heavy atom. The lowest BCUT2D eigenvalue weighted by atomic mass is 9.93. The first kappa shape index (κ1) is 22.8. The molecule has 1 atom stereocenters. The van der Waals surface area contributed by atoms with Crippen LogP contribution in [-0.2, 0) is 16.0 Å². The van der Waals surface area contributed by atoms with E-state index in [1.165, 1.54) is 10.4 Å². The van der Waals surface area contributed by atoms with Crippen LogP contribution in [-0.4, -0.2) is 40.7 Å². The van der Waals surface area contributed by atoms with Gasteiger partial charge < -0.3 is 9.80 Å². The minimum Gasteiger partial charge on any atom is -0.331 e. The molecule has 0 N–H and O–H groups in total. The Kier molecular flexibility index (Phi) is 7.95. The molecule has 1 unspecified atom stereocenters. The second-order valence-corrected chi connectivity index (χ2v) is 9.60. The van der Waals surface area contributed by atoms with Crippen LogP contribution >= 0.6 is 22.9 Å². The molecule has 1 aliphatic rings. The Labute approximate surface area is 188 Å². The van der Waals surface area contributed by atoms with Gasteiger partial charge in [-0.1, -0.05) is 43.5 Å². The number of amides is 2. The van der Waals surface area contributed by atoms with Gasteiger partial charge in [0.1, 0.15) is 6.54 Å². The quantitative estimate of drug-likeness (QED) is 0.488. The molecule has 2 aromatic rings. The van der Waals surface area contributed by atoms with E-state index in [1.54, 1.807) is 16.2 Å². The molecule has 0 saturated carbocycles. The average Bonchev–Trinajstić information content (AvgIpc) is 3.20. The topological polar surface area (TPSA) is 40.6 Å². The van der Waals surface area contributed by atoms with Crippen LogP contribution in [0.2, 0.25) is 5.02 Å². The van der Waals surface area contributed by atoms with Gasteiger partial charge in [0.15, 0.2) is 0 Å². The van der Waals surface area contributed by atoms with Crippen LogP contribution in [0.5, 0.6) is 0 Å². The monoisotopic (exact) mass is 446 g/mol. The number of nitrogens with zero attached hydrogens (tertiary/aromatic N) is 2. The van der Waals surface area contributed by atoms with E-state index in [-0.39, 0.29) is 30.4 Å². The zero-order valence-corrected chi connectivity index (χ0v) is 19.6. The maximum atomic E-state index is 13.4. The minimum atomic E-state index is -0.131. The van der Waals surface area contributed by atoms with Crippen molar-refractivity contribution in [3.63, 3.8) is 0 Å². The summed E-state index contributed by atoms with van der Waals surface area (Å²) in [7, 11) is 0. The van der Waals surface area contributed by atoms with Crippen LogP contribution in [0.1, 0.15) is 68.5 Å². The van der Waals surface area contributed by atoms with Gasteiger partial charge in [-0.3, -0.25) is 9.59 Å². The van der Waals surface area contributed by atoms with Crippen LogP contribution in [0, 0.1) is 0 Å². The number of hydrogen-bond acceptors (Lipinski definition) is 3. The molecule has 0 bridgehead atoms. The molecule has 0 saturated heterocycles. The first-order chi connectivity index (χ1) is 14.4. The molecule has 1 aromatic heterocycles. The van der Waals surface area contributed by atoms with Gasteiger partial charge in [-0.25, -0.2) is 0 Å². The fourth-order valence-corrected chi connectivity index (χ4v) is 5.08. The number of unbranched alkanes of at least 4 members (excludes halogenated alkanes) is 2. The van der Waals surface area contributed by atoms with E-state index >= 15 is 0 Å². The van der Waals surface area contributed by atoms with E-state index in [9.17, 15) is 9.59 Å². The van der Waals surface area contributed by atoms with E-state index < -0.39 is 0 Å². The van der Waals surface area contributed by atoms with Gasteiger partial charge in [-0.15, -0.1) is 11.3 Å². The molecular formula is C24H31ClN2O2S. The summed E-state index contributed by atoms with van der Waals surface area (Å²) in [5.74, 6) is 0.0763. The minimum absolute atomic E-state index is 0.00134. The van der Waals surface area contributed by atoms with Crippen molar-refractivity contribution in [1.82, 2.24) is 9.80 Å². The van der Waals surface area contributed by atoms with Crippen LogP contribution < -0.4 is 0 Å². The van der Waals surface area contributed by atoms with Gasteiger partial charge in [0.05, 0.1) is 6.04 Å². The average molecular weight is 447 g/mol. The molecule has 4 nitrogen and oxygen atoms in total. The van der Waals surface area contributed by atoms with Crippen molar-refractivity contribution in [1.29, 1.82) is 0 Å². The number of benzene rings is 1. The highest BCUT2D eigenvalue weighted by Gasteiger charge is 2.34. The number of carbonyl (C=O) groups excluding carboxylic acids is 2. The zero-order valence-electron chi connectivity index (χ0n) is 18.1. The fraction of sp³-hybridized carbons (Fsp3) is 0.500. The number of halogens is 1. The number of fused-ring (bicyclic) bond motifs is 1. The zero-order chi connectivity index (χ0) is 21.7. The third-order valence-electron chi connectivity index (χ3n) is 5.72. The molecule has 0 spiro atoms. The van der Waals surface area contributed by atoms with Crippen molar-refractivity contribution in [3.05, 3.63) is 56.7 Å². The third-order valence-corrected chi connectivity index (χ3v) is 6.96. The Balaban J connectivity index is 1.82. The molecule has 2 heterocycles. The van der Waals surface area contributed by atoms with E-state index in [2.05, 4.69) is 18.4 Å². The second-order valence-electron chi connectivity index (χ2n) is 8.16. The Hall–Kier alpha value is -1.85. The molecule has 3 rings (SSSR count). The predicted octanol–water partition coefficient (Wildman–Crippen LogP) is 5.69. The molecule has 1 aliphatic heterocycles. The molecule has 0 aliphatic carbocycles. The molecule has 0 fully saturated rings. The van der Waals surface area contributed by atoms with Gasteiger partial charge in [-0.2, -0.15) is 0 Å². The van der Waals surface area contributed by atoms with E-state index in [0.717, 1.165) is 31.2 Å². The van der Waals surface area contributed by atoms with Crippen molar-refractivity contribution < 1.29 is 9.59 Å². The van der Waals surface area contributed by atoms with Gasteiger partial charge in [0, 0.05) is 28.9 Å². The van der Waals surface area contributed by atoms with Crippen molar-refractivity contribution >= 4 is 34.8 Å². The van der Waals surface area contributed by atoms with Gasteiger partial charge in [-0.05, 0) is 61.4 Å². The largest absolute Gasteiger partial charge is 0.331 e. The van der Waals surface area contributed by atoms with Gasteiger partial charge >= 0.3 is 0 Å². The fourth-order valence-electron chi connectivity index (χ4n) is 4.05. The summed E-state index contributed by atoms with van der Waals surface area (Å²) < 4.78 is 0. The lowest BCUT2D eigenvalue weighted by Crippen LogP contribution is -2.48. The Bertz CT molecular complexity index is 862. The van der Waals surface area contributed by atoms with E-state index in [0.29, 0.717) is 18.0 Å². The molecule has 1 aromatic carbocycles. The van der Waals surface area contributed by atoms with Crippen LogP contribution in [0.3, 0.4) is 0 Å². The lowest BCUT2D eigenvalue weighted by molar-refractivity contribution is -0.143. The van der Waals surface area contributed by atoms with E-state index in [1.807, 2.05) is 43.0 Å². The maximum Gasteiger partial charge on any atom is 0.243 e. The molecule has 2 amide bonds. The first-order valence-corrected chi connectivity index (χ1v) is 12.1. The van der Waals surface area contributed by atoms with Crippen molar-refractivity contribution in [2.45, 2.75) is 65.0 Å². The van der Waals surface area contributed by atoms with Crippen LogP contribution in [0.15, 0.2) is 35.7 Å². The van der Waals surface area contributed by atoms with Crippen molar-refractivity contribution in [2.24, 2.45) is 0 Å². The van der Waals surface area contributed by atoms with E-state index in [4.69, 9.17) is 11.6 Å². The maximum absolute atomic E-state index is 13.4. The summed E-state index contributed by atoms with van der Waals surface area (Å²) in [5.41, 5.74) is 2.24. The standard InChI is InChI=1S/C24H31ClN2O2S/c1-4-5-6-7-22(28)27(17(2)3)16-23(29)26-14-12-21-20(13-15-30-21)24(26)18-8-10-19(25)11-9-18/h8-11,13,15,17,24H,4-7,12,14,16H2,1-3H3. The summed E-state index contributed by atoms with van der Waals surface area (Å²) >= 11 is 7.84. The summed E-state index contributed by atoms with van der Waals surface area (Å²) in [6, 6.07) is 9.73. The smallest absolute Gasteiger partial charge is 0.243 e. The van der Waals surface area contributed by atoms with Crippen molar-refractivity contribution in [2.75, 3.05) is 13.1 Å². The van der Waals surface area contributed by atoms with Crippen molar-refractivity contribution in [3.8, 4) is 0 Å². The Morgan fingerprint density at radius 1 is 1.20 bits per heavy atom. The van der Waals surface area contributed by atoms with Gasteiger partial charge in [0.25, 0.3) is 0 Å². The number of rotatable bonds is 8. The SMILES string of the molecule is CCCCCC(=O)N(CC(=O)N1CCc2sccc2C1c1ccc(Cl)cc1)C(C)C. The summed E-state index contributed by atoms with van der Waals surface area (Å²) in [4.78, 5) is 31.2.